The van der Waals surface area contributed by atoms with Crippen LogP contribution in [0.15, 0.2) is 24.3 Å². The fourth-order valence-corrected chi connectivity index (χ4v) is 3.99. The number of urea groups is 1. The van der Waals surface area contributed by atoms with E-state index < -0.39 is 27.7 Å². The number of rotatable bonds is 2. The van der Waals surface area contributed by atoms with Crippen molar-refractivity contribution < 1.29 is 18.0 Å². The van der Waals surface area contributed by atoms with Gasteiger partial charge in [0.05, 0.1) is 5.69 Å². The van der Waals surface area contributed by atoms with Gasteiger partial charge in [-0.2, -0.15) is 12.7 Å². The molecule has 1 aromatic rings. The van der Waals surface area contributed by atoms with Crippen molar-refractivity contribution in [1.82, 2.24) is 14.9 Å². The smallest absolute Gasteiger partial charge is 0.319 e. The minimum absolute atomic E-state index is 0.102. The summed E-state index contributed by atoms with van der Waals surface area (Å²) in [7, 11) is -0.767. The van der Waals surface area contributed by atoms with Crippen molar-refractivity contribution in [3.8, 4) is 0 Å². The summed E-state index contributed by atoms with van der Waals surface area (Å²) in [5.74, 6) is -0.452. The molecule has 1 aromatic carbocycles. The van der Waals surface area contributed by atoms with Crippen LogP contribution in [0.5, 0.6) is 0 Å². The standard InChI is InChI=1S/C13H16N4O4S/c1-16(2)22(20,21)17-8-7-13(11(18)14-12(19)15-13)9-5-3-4-6-10(9)17/h3-6H,7-8H2,1-2H3,(H2,14,15,18,19). The van der Waals surface area contributed by atoms with Gasteiger partial charge in [-0.1, -0.05) is 18.2 Å². The first-order chi connectivity index (χ1) is 10.3. The quantitative estimate of drug-likeness (QED) is 0.732. The molecule has 2 aliphatic rings. The number of anilines is 1. The zero-order valence-corrected chi connectivity index (χ0v) is 13.0. The Morgan fingerprint density at radius 1 is 1.23 bits per heavy atom. The SMILES string of the molecule is CN(C)S(=O)(=O)N1CCC2(NC(=O)NC2=O)c2ccccc21. The molecule has 118 valence electrons. The zero-order valence-electron chi connectivity index (χ0n) is 12.2. The molecular weight excluding hydrogens is 308 g/mol. The Balaban J connectivity index is 2.17. The normalized spacial score (nSPS) is 24.4. The maximum atomic E-state index is 12.5. The molecule has 2 aliphatic heterocycles. The highest BCUT2D eigenvalue weighted by molar-refractivity contribution is 7.90. The maximum Gasteiger partial charge on any atom is 0.322 e. The summed E-state index contributed by atoms with van der Waals surface area (Å²) in [5, 5.41) is 4.87. The fraction of sp³-hybridized carbons (Fsp3) is 0.385. The van der Waals surface area contributed by atoms with E-state index in [-0.39, 0.29) is 13.0 Å². The van der Waals surface area contributed by atoms with E-state index in [9.17, 15) is 18.0 Å². The molecular formula is C13H16N4O4S. The number of imide groups is 1. The second kappa shape index (κ2) is 4.68. The third kappa shape index (κ3) is 1.89. The molecule has 3 amide bonds. The number of amides is 3. The fourth-order valence-electron chi connectivity index (χ4n) is 2.87. The summed E-state index contributed by atoms with van der Waals surface area (Å²) in [6.07, 6.45) is 0.175. The number of nitrogens with one attached hydrogen (secondary N) is 2. The van der Waals surface area contributed by atoms with Gasteiger partial charge in [0.15, 0.2) is 0 Å². The molecule has 0 saturated carbocycles. The minimum Gasteiger partial charge on any atom is -0.319 e. The summed E-state index contributed by atoms with van der Waals surface area (Å²) in [6.45, 7) is 0.102. The summed E-state index contributed by atoms with van der Waals surface area (Å²) < 4.78 is 27.3. The topological polar surface area (TPSA) is 98.8 Å². The Morgan fingerprint density at radius 3 is 2.50 bits per heavy atom. The average Bonchev–Trinajstić information content (AvgIpc) is 2.74. The predicted octanol–water partition coefficient (Wildman–Crippen LogP) is -0.262. The Labute approximate surface area is 128 Å². The summed E-state index contributed by atoms with van der Waals surface area (Å²) in [4.78, 5) is 23.8. The number of hydrogen-bond donors (Lipinski definition) is 2. The second-order valence-electron chi connectivity index (χ2n) is 5.44. The average molecular weight is 324 g/mol. The first kappa shape index (κ1) is 14.8. The highest BCUT2D eigenvalue weighted by Gasteiger charge is 2.52. The van der Waals surface area contributed by atoms with Gasteiger partial charge in [0.2, 0.25) is 0 Å². The van der Waals surface area contributed by atoms with Crippen molar-refractivity contribution >= 4 is 27.8 Å². The van der Waals surface area contributed by atoms with Crippen molar-refractivity contribution in [2.45, 2.75) is 12.0 Å². The lowest BCUT2D eigenvalue weighted by Crippen LogP contribution is -2.53. The molecule has 1 spiro atoms. The van der Waals surface area contributed by atoms with E-state index in [4.69, 9.17) is 0 Å². The first-order valence-corrected chi connectivity index (χ1v) is 8.12. The largest absolute Gasteiger partial charge is 0.322 e. The van der Waals surface area contributed by atoms with Crippen LogP contribution < -0.4 is 14.9 Å². The van der Waals surface area contributed by atoms with Gasteiger partial charge in [-0.25, -0.2) is 4.79 Å². The van der Waals surface area contributed by atoms with Crippen LogP contribution in [0, 0.1) is 0 Å². The lowest BCUT2D eigenvalue weighted by molar-refractivity contribution is -0.124. The van der Waals surface area contributed by atoms with E-state index >= 15 is 0 Å². The van der Waals surface area contributed by atoms with Gasteiger partial charge in [0.1, 0.15) is 5.54 Å². The zero-order chi connectivity index (χ0) is 16.1. The van der Waals surface area contributed by atoms with Gasteiger partial charge >= 0.3 is 16.2 Å². The van der Waals surface area contributed by atoms with Gasteiger partial charge in [0, 0.05) is 32.6 Å². The van der Waals surface area contributed by atoms with Gasteiger partial charge in [-0.15, -0.1) is 0 Å². The molecule has 1 atom stereocenters. The summed E-state index contributed by atoms with van der Waals surface area (Å²) >= 11 is 0. The van der Waals surface area contributed by atoms with Crippen molar-refractivity contribution in [2.75, 3.05) is 24.9 Å². The summed E-state index contributed by atoms with van der Waals surface area (Å²) in [5.41, 5.74) is -0.318. The van der Waals surface area contributed by atoms with Crippen LogP contribution >= 0.6 is 0 Å². The van der Waals surface area contributed by atoms with Crippen molar-refractivity contribution in [1.29, 1.82) is 0 Å². The number of carbonyl (C=O) groups is 2. The molecule has 0 bridgehead atoms. The van der Waals surface area contributed by atoms with Gasteiger partial charge in [0.25, 0.3) is 5.91 Å². The first-order valence-electron chi connectivity index (χ1n) is 6.72. The molecule has 22 heavy (non-hydrogen) atoms. The van der Waals surface area contributed by atoms with Crippen LogP contribution in [-0.2, 0) is 20.5 Å². The van der Waals surface area contributed by atoms with Crippen LogP contribution in [-0.4, -0.2) is 45.3 Å². The Bertz CT molecular complexity index is 761. The van der Waals surface area contributed by atoms with Gasteiger partial charge < -0.3 is 5.32 Å². The van der Waals surface area contributed by atoms with Crippen LogP contribution in [0.25, 0.3) is 0 Å². The lowest BCUT2D eigenvalue weighted by Gasteiger charge is -2.39. The predicted molar refractivity (Wildman–Crippen MR) is 79.4 cm³/mol. The monoisotopic (exact) mass is 324 g/mol. The number of benzene rings is 1. The molecule has 0 radical (unpaired) electrons. The third-order valence-electron chi connectivity index (χ3n) is 4.00. The van der Waals surface area contributed by atoms with Gasteiger partial charge in [-0.3, -0.25) is 14.4 Å². The molecule has 1 fully saturated rings. The van der Waals surface area contributed by atoms with Gasteiger partial charge in [-0.05, 0) is 6.07 Å². The Kier molecular flexibility index (Phi) is 3.15. The molecule has 8 nitrogen and oxygen atoms in total. The molecule has 0 aromatic heterocycles. The van der Waals surface area contributed by atoms with E-state index in [1.807, 2.05) is 0 Å². The number of nitrogens with zero attached hydrogens (tertiary/aromatic N) is 2. The number of para-hydroxylation sites is 1. The lowest BCUT2D eigenvalue weighted by atomic mass is 9.83. The third-order valence-corrected chi connectivity index (χ3v) is 5.86. The maximum absolute atomic E-state index is 12.5. The Hall–Kier alpha value is -2.13. The molecule has 0 aliphatic carbocycles. The van der Waals surface area contributed by atoms with Crippen molar-refractivity contribution in [3.05, 3.63) is 29.8 Å². The van der Waals surface area contributed by atoms with Crippen LogP contribution in [0.2, 0.25) is 0 Å². The van der Waals surface area contributed by atoms with Crippen molar-refractivity contribution in [2.24, 2.45) is 0 Å². The molecule has 1 unspecified atom stereocenters. The number of fused-ring (bicyclic) bond motifs is 2. The molecule has 2 heterocycles. The van der Waals surface area contributed by atoms with E-state index in [0.717, 1.165) is 4.31 Å². The highest BCUT2D eigenvalue weighted by Crippen LogP contribution is 2.41. The van der Waals surface area contributed by atoms with Crippen LogP contribution in [0.1, 0.15) is 12.0 Å². The van der Waals surface area contributed by atoms with Crippen LogP contribution in [0.4, 0.5) is 10.5 Å². The second-order valence-corrected chi connectivity index (χ2v) is 7.51. The summed E-state index contributed by atoms with van der Waals surface area (Å²) in [6, 6.07) is 6.14. The van der Waals surface area contributed by atoms with E-state index in [2.05, 4.69) is 10.6 Å². The van der Waals surface area contributed by atoms with Crippen molar-refractivity contribution in [3.63, 3.8) is 0 Å². The Morgan fingerprint density at radius 2 is 1.91 bits per heavy atom. The minimum atomic E-state index is -3.67. The highest BCUT2D eigenvalue weighted by atomic mass is 32.2. The number of carbonyl (C=O) groups excluding carboxylic acids is 2. The molecule has 2 N–H and O–H groups in total. The van der Waals surface area contributed by atoms with E-state index in [1.54, 1.807) is 24.3 Å². The van der Waals surface area contributed by atoms with E-state index in [1.165, 1.54) is 18.4 Å². The molecule has 1 saturated heterocycles. The molecule has 9 heteroatoms. The van der Waals surface area contributed by atoms with Crippen LogP contribution in [0.3, 0.4) is 0 Å². The molecule has 3 rings (SSSR count). The number of hydrogen-bond acceptors (Lipinski definition) is 4. The van der Waals surface area contributed by atoms with E-state index in [0.29, 0.717) is 11.3 Å².